The van der Waals surface area contributed by atoms with Crippen molar-refractivity contribution in [3.05, 3.63) is 51.3 Å². The Labute approximate surface area is 126 Å². The molecule has 0 saturated heterocycles. The molecule has 0 aliphatic rings. The van der Waals surface area contributed by atoms with Gasteiger partial charge in [-0.2, -0.15) is 13.2 Å². The molecular weight excluding hydrogens is 387 g/mol. The number of anilines is 3. The molecule has 106 valence electrons. The van der Waals surface area contributed by atoms with Crippen LogP contribution in [0.3, 0.4) is 0 Å². The summed E-state index contributed by atoms with van der Waals surface area (Å²) in [5, 5.41) is 2.81. The third kappa shape index (κ3) is 3.33. The monoisotopic (exact) mass is 396 g/mol. The SMILES string of the molecule is Nc1ccc(Nc2ccc(F)cc2I)cc1C(F)(F)F. The summed E-state index contributed by atoms with van der Waals surface area (Å²) < 4.78 is 51.7. The Kier molecular flexibility index (Phi) is 4.07. The van der Waals surface area contributed by atoms with E-state index in [2.05, 4.69) is 5.32 Å². The lowest BCUT2D eigenvalue weighted by molar-refractivity contribution is -0.136. The highest BCUT2D eigenvalue weighted by molar-refractivity contribution is 14.1. The van der Waals surface area contributed by atoms with E-state index in [1.54, 1.807) is 0 Å². The molecule has 0 spiro atoms. The van der Waals surface area contributed by atoms with Crippen LogP contribution >= 0.6 is 22.6 Å². The molecule has 0 fully saturated rings. The van der Waals surface area contributed by atoms with Crippen molar-refractivity contribution in [2.24, 2.45) is 0 Å². The molecule has 0 saturated carbocycles. The Bertz CT molecular complexity index is 641. The van der Waals surface area contributed by atoms with Gasteiger partial charge in [-0.1, -0.05) is 0 Å². The molecule has 3 N–H and O–H groups in total. The first-order valence-corrected chi connectivity index (χ1v) is 6.54. The van der Waals surface area contributed by atoms with E-state index >= 15 is 0 Å². The van der Waals surface area contributed by atoms with Crippen LogP contribution in [0.4, 0.5) is 34.6 Å². The fourth-order valence-corrected chi connectivity index (χ4v) is 2.24. The molecule has 0 aliphatic carbocycles. The first-order valence-electron chi connectivity index (χ1n) is 5.46. The summed E-state index contributed by atoms with van der Waals surface area (Å²) in [5.74, 6) is -0.409. The van der Waals surface area contributed by atoms with Crippen molar-refractivity contribution < 1.29 is 17.6 Å². The average Bonchev–Trinajstić information content (AvgIpc) is 2.33. The fourth-order valence-electron chi connectivity index (χ4n) is 1.63. The van der Waals surface area contributed by atoms with Gasteiger partial charge in [0.25, 0.3) is 0 Å². The third-order valence-electron chi connectivity index (χ3n) is 2.57. The van der Waals surface area contributed by atoms with E-state index in [0.717, 1.165) is 6.07 Å². The maximum Gasteiger partial charge on any atom is 0.418 e. The van der Waals surface area contributed by atoms with Crippen molar-refractivity contribution in [1.82, 2.24) is 0 Å². The predicted octanol–water partition coefficient (Wildman–Crippen LogP) is 4.77. The van der Waals surface area contributed by atoms with Crippen LogP contribution in [0.25, 0.3) is 0 Å². The molecule has 0 aromatic heterocycles. The first-order chi connectivity index (χ1) is 9.27. The van der Waals surface area contributed by atoms with Gasteiger partial charge in [0.1, 0.15) is 5.82 Å². The summed E-state index contributed by atoms with van der Waals surface area (Å²) in [5.41, 5.74) is 4.83. The quantitative estimate of drug-likeness (QED) is 0.436. The Hall–Kier alpha value is -1.51. The number of benzene rings is 2. The van der Waals surface area contributed by atoms with Crippen molar-refractivity contribution in [1.29, 1.82) is 0 Å². The van der Waals surface area contributed by atoms with E-state index in [-0.39, 0.29) is 11.4 Å². The minimum atomic E-state index is -4.52. The first kappa shape index (κ1) is 14.9. The standard InChI is InChI=1S/C13H9F4IN2/c14-7-1-4-12(10(18)5-7)20-8-2-3-11(19)9(6-8)13(15,16)17/h1-6,20H,19H2. The van der Waals surface area contributed by atoms with E-state index in [1.165, 1.54) is 30.3 Å². The van der Waals surface area contributed by atoms with E-state index in [4.69, 9.17) is 5.73 Å². The summed E-state index contributed by atoms with van der Waals surface area (Å²) in [6.45, 7) is 0. The van der Waals surface area contributed by atoms with Gasteiger partial charge in [-0.05, 0) is 59.0 Å². The van der Waals surface area contributed by atoms with E-state index in [0.29, 0.717) is 9.26 Å². The Morgan fingerprint density at radius 3 is 2.35 bits per heavy atom. The Morgan fingerprint density at radius 2 is 1.75 bits per heavy atom. The number of rotatable bonds is 2. The highest BCUT2D eigenvalue weighted by Gasteiger charge is 2.33. The van der Waals surface area contributed by atoms with Crippen LogP contribution < -0.4 is 11.1 Å². The van der Waals surface area contributed by atoms with Crippen LogP contribution in [-0.4, -0.2) is 0 Å². The Morgan fingerprint density at radius 1 is 1.05 bits per heavy atom. The molecule has 2 rings (SSSR count). The second kappa shape index (κ2) is 5.47. The summed E-state index contributed by atoms with van der Waals surface area (Å²) in [6.07, 6.45) is -4.52. The van der Waals surface area contributed by atoms with Crippen molar-refractivity contribution in [3.63, 3.8) is 0 Å². The highest BCUT2D eigenvalue weighted by atomic mass is 127. The smallest absolute Gasteiger partial charge is 0.398 e. The molecular formula is C13H9F4IN2. The van der Waals surface area contributed by atoms with Gasteiger partial charge < -0.3 is 11.1 Å². The second-order valence-corrected chi connectivity index (χ2v) is 5.21. The average molecular weight is 396 g/mol. The minimum absolute atomic E-state index is 0.232. The van der Waals surface area contributed by atoms with Crippen LogP contribution in [0.5, 0.6) is 0 Å². The number of nitrogens with two attached hydrogens (primary N) is 1. The number of nitrogens with one attached hydrogen (secondary N) is 1. The third-order valence-corrected chi connectivity index (χ3v) is 3.46. The number of alkyl halides is 3. The lowest BCUT2D eigenvalue weighted by atomic mass is 10.1. The number of nitrogen functional groups attached to an aromatic ring is 1. The second-order valence-electron chi connectivity index (χ2n) is 4.05. The lowest BCUT2D eigenvalue weighted by Gasteiger charge is -2.14. The van der Waals surface area contributed by atoms with Gasteiger partial charge in [-0.15, -0.1) is 0 Å². The lowest BCUT2D eigenvalue weighted by Crippen LogP contribution is -2.09. The maximum absolute atomic E-state index is 13.0. The molecule has 7 heteroatoms. The molecule has 0 amide bonds. The van der Waals surface area contributed by atoms with Crippen LogP contribution in [-0.2, 0) is 6.18 Å². The predicted molar refractivity (Wildman–Crippen MR) is 78.3 cm³/mol. The van der Waals surface area contributed by atoms with Crippen molar-refractivity contribution in [2.45, 2.75) is 6.18 Å². The zero-order chi connectivity index (χ0) is 14.9. The van der Waals surface area contributed by atoms with Gasteiger partial charge in [0, 0.05) is 14.9 Å². The molecule has 0 atom stereocenters. The van der Waals surface area contributed by atoms with Gasteiger partial charge in [0.2, 0.25) is 0 Å². The van der Waals surface area contributed by atoms with Gasteiger partial charge in [-0.25, -0.2) is 4.39 Å². The van der Waals surface area contributed by atoms with Crippen LogP contribution in [0.2, 0.25) is 0 Å². The molecule has 0 heterocycles. The maximum atomic E-state index is 13.0. The van der Waals surface area contributed by atoms with Gasteiger partial charge in [-0.3, -0.25) is 0 Å². The van der Waals surface area contributed by atoms with Crippen molar-refractivity contribution in [3.8, 4) is 0 Å². The fraction of sp³-hybridized carbons (Fsp3) is 0.0769. The minimum Gasteiger partial charge on any atom is -0.398 e. The molecule has 2 nitrogen and oxygen atoms in total. The van der Waals surface area contributed by atoms with Gasteiger partial charge >= 0.3 is 6.18 Å². The van der Waals surface area contributed by atoms with Gasteiger partial charge in [0.15, 0.2) is 0 Å². The molecule has 0 radical (unpaired) electrons. The molecule has 20 heavy (non-hydrogen) atoms. The Balaban J connectivity index is 2.35. The normalized spacial score (nSPS) is 11.4. The van der Waals surface area contributed by atoms with E-state index in [9.17, 15) is 17.6 Å². The number of hydrogen-bond donors (Lipinski definition) is 2. The van der Waals surface area contributed by atoms with Crippen molar-refractivity contribution >= 4 is 39.7 Å². The molecule has 0 bridgehead atoms. The highest BCUT2D eigenvalue weighted by Crippen LogP contribution is 2.36. The molecule has 0 unspecified atom stereocenters. The molecule has 2 aromatic carbocycles. The summed E-state index contributed by atoms with van der Waals surface area (Å²) >= 11 is 1.89. The summed E-state index contributed by atoms with van der Waals surface area (Å²) in [4.78, 5) is 0. The van der Waals surface area contributed by atoms with Crippen molar-refractivity contribution in [2.75, 3.05) is 11.1 Å². The zero-order valence-corrected chi connectivity index (χ0v) is 12.1. The summed E-state index contributed by atoms with van der Waals surface area (Å²) in [7, 11) is 0. The van der Waals surface area contributed by atoms with Gasteiger partial charge in [0.05, 0.1) is 11.3 Å². The largest absolute Gasteiger partial charge is 0.418 e. The van der Waals surface area contributed by atoms with Crippen LogP contribution in [0.15, 0.2) is 36.4 Å². The molecule has 2 aromatic rings. The summed E-state index contributed by atoms with van der Waals surface area (Å²) in [6, 6.07) is 7.51. The van der Waals surface area contributed by atoms with E-state index in [1.807, 2.05) is 22.6 Å². The zero-order valence-electron chi connectivity index (χ0n) is 9.93. The number of halogens is 5. The van der Waals surface area contributed by atoms with E-state index < -0.39 is 17.6 Å². The molecule has 0 aliphatic heterocycles. The topological polar surface area (TPSA) is 38.0 Å². The van der Waals surface area contributed by atoms with Crippen LogP contribution in [0.1, 0.15) is 5.56 Å². The van der Waals surface area contributed by atoms with Crippen LogP contribution in [0, 0.1) is 9.39 Å². The number of hydrogen-bond acceptors (Lipinski definition) is 2.